The number of nitrogens with zero attached hydrogens (tertiary/aromatic N) is 3. The van der Waals surface area contributed by atoms with E-state index in [0.717, 1.165) is 24.8 Å². The number of nitrogens with one attached hydrogen (secondary N) is 3. The summed E-state index contributed by atoms with van der Waals surface area (Å²) in [5.74, 6) is -1.40. The summed E-state index contributed by atoms with van der Waals surface area (Å²) in [6, 6.07) is 9.46. The van der Waals surface area contributed by atoms with Gasteiger partial charge in [0.25, 0.3) is 5.91 Å². The van der Waals surface area contributed by atoms with E-state index < -0.39 is 62.0 Å². The number of ether oxygens (including phenoxy) is 2. The lowest BCUT2D eigenvalue weighted by Crippen LogP contribution is -2.58. The van der Waals surface area contributed by atoms with Crippen LogP contribution in [0.5, 0.6) is 11.5 Å². The predicted molar refractivity (Wildman–Crippen MR) is 218 cm³/mol. The van der Waals surface area contributed by atoms with Crippen molar-refractivity contribution in [1.82, 2.24) is 24.9 Å². The zero-order valence-electron chi connectivity index (χ0n) is 32.6. The van der Waals surface area contributed by atoms with Gasteiger partial charge in [0.15, 0.2) is 0 Å². The van der Waals surface area contributed by atoms with E-state index in [-0.39, 0.29) is 25.3 Å². The first-order valence-corrected chi connectivity index (χ1v) is 22.1. The number of hydrogen-bond donors (Lipinski definition) is 3. The van der Waals surface area contributed by atoms with Crippen LogP contribution in [-0.4, -0.2) is 83.1 Å². The maximum atomic E-state index is 14.8. The van der Waals surface area contributed by atoms with E-state index in [0.29, 0.717) is 64.5 Å². The van der Waals surface area contributed by atoms with E-state index in [1.54, 1.807) is 32.4 Å². The third-order valence-electron chi connectivity index (χ3n) is 12.0. The molecule has 2 aliphatic heterocycles. The van der Waals surface area contributed by atoms with Crippen LogP contribution in [0, 0.1) is 18.7 Å². The molecule has 13 nitrogen and oxygen atoms in total. The molecule has 8 rings (SSSR count). The number of fused-ring (bicyclic) bond motifs is 3. The number of pyridine rings is 1. The zero-order chi connectivity index (χ0) is 40.8. The second-order valence-corrected chi connectivity index (χ2v) is 19.1. The largest absolute Gasteiger partial charge is 0.496 e. The molecule has 58 heavy (non-hydrogen) atoms. The number of allylic oxidation sites excluding steroid dienone is 1. The molecule has 2 aromatic carbocycles. The molecule has 1 saturated heterocycles. The lowest BCUT2D eigenvalue weighted by Gasteiger charge is -2.30. The first-order valence-electron chi connectivity index (χ1n) is 19.7. The highest BCUT2D eigenvalue weighted by molar-refractivity contribution is 7.91. The minimum atomic E-state index is -3.99. The maximum Gasteiger partial charge on any atom is 0.259 e. The summed E-state index contributed by atoms with van der Waals surface area (Å²) in [7, 11) is -2.40. The van der Waals surface area contributed by atoms with E-state index in [9.17, 15) is 27.2 Å². The van der Waals surface area contributed by atoms with Gasteiger partial charge in [0.1, 0.15) is 51.7 Å². The molecular weight excluding hydrogens is 784 g/mol. The second-order valence-electron chi connectivity index (χ2n) is 16.0. The number of thiazole rings is 1. The third-order valence-corrected chi connectivity index (χ3v) is 14.9. The summed E-state index contributed by atoms with van der Waals surface area (Å²) in [6.07, 6.45) is 9.60. The number of sulfonamides is 1. The van der Waals surface area contributed by atoms with Gasteiger partial charge in [-0.25, -0.2) is 22.8 Å². The van der Waals surface area contributed by atoms with Crippen LogP contribution in [0.3, 0.4) is 0 Å². The summed E-state index contributed by atoms with van der Waals surface area (Å²) in [4.78, 5) is 54.3. The lowest BCUT2D eigenvalue weighted by molar-refractivity contribution is -0.140. The van der Waals surface area contributed by atoms with E-state index >= 15 is 0 Å². The van der Waals surface area contributed by atoms with Crippen molar-refractivity contribution in [3.05, 3.63) is 77.6 Å². The normalized spacial score (nSPS) is 26.3. The highest BCUT2D eigenvalue weighted by Crippen LogP contribution is 2.48. The molecule has 3 amide bonds. The van der Waals surface area contributed by atoms with Gasteiger partial charge >= 0.3 is 0 Å². The molecule has 4 aliphatic rings. The summed E-state index contributed by atoms with van der Waals surface area (Å²) in [5, 5.41) is 9.50. The second kappa shape index (κ2) is 15.6. The van der Waals surface area contributed by atoms with Gasteiger partial charge in [0.2, 0.25) is 21.8 Å². The predicted octanol–water partition coefficient (Wildman–Crippen LogP) is 6.04. The average molecular weight is 831 g/mol. The van der Waals surface area contributed by atoms with Crippen LogP contribution in [0.2, 0.25) is 0 Å². The standard InChI is InChI=1S/C42H47FN6O7S2/c1-25-34(55-3)16-15-30-35(22-32(46-36(25)30)38-44-19-20-57-38)56-29-21-33-37(50)47-42(40(52)48-58(53,54)41(2)17-18-41)23-26(42)9-7-5-4-6-8-10-31(39(51)49(33)24-29)45-28-13-11-27(43)12-14-28/h7,9,11-16,19-20,22,26,29,31,33,45H,4-6,8,10,17-18,21,23-24H2,1-3H3,(H,47,50)(H,48,52)/b9-7-/t26-,29+,31-,33-,42+/m0/s1. The minimum absolute atomic E-state index is 0.0410. The molecule has 0 unspecified atom stereocenters. The van der Waals surface area contributed by atoms with Crippen molar-refractivity contribution in [2.45, 2.75) is 100 Å². The van der Waals surface area contributed by atoms with Crippen LogP contribution in [0.1, 0.15) is 70.3 Å². The smallest absolute Gasteiger partial charge is 0.259 e. The Balaban J connectivity index is 1.14. The molecule has 0 radical (unpaired) electrons. The lowest BCUT2D eigenvalue weighted by atomic mass is 10.0. The van der Waals surface area contributed by atoms with Crippen LogP contribution in [0.4, 0.5) is 10.1 Å². The van der Waals surface area contributed by atoms with Crippen LogP contribution >= 0.6 is 11.3 Å². The number of rotatable bonds is 9. The fourth-order valence-electron chi connectivity index (χ4n) is 8.03. The van der Waals surface area contributed by atoms with Crippen molar-refractivity contribution < 1.29 is 36.7 Å². The summed E-state index contributed by atoms with van der Waals surface area (Å²) in [5.41, 5.74) is 1.10. The summed E-state index contributed by atoms with van der Waals surface area (Å²) >= 11 is 1.43. The molecule has 3 N–H and O–H groups in total. The SMILES string of the molecule is COc1ccc2c(O[C@@H]3C[C@H]4C(=O)N[C@]5(C(=O)NS(=O)(=O)C6(C)CC6)C[C@@H]5/C=C\CCCCC[C@H](Nc5ccc(F)cc5)C(=O)N4C3)cc(-c3nccs3)nc2c1C. The number of aryl methyl sites for hydroxylation is 1. The van der Waals surface area contributed by atoms with Crippen molar-refractivity contribution in [3.8, 4) is 22.2 Å². The number of anilines is 1. The Morgan fingerprint density at radius 2 is 1.88 bits per heavy atom. The Morgan fingerprint density at radius 3 is 2.60 bits per heavy atom. The molecule has 0 bridgehead atoms. The number of carbonyl (C=O) groups is 3. The first-order chi connectivity index (χ1) is 27.8. The Bertz CT molecular complexity index is 2370. The Kier molecular flexibility index (Phi) is 10.7. The maximum absolute atomic E-state index is 14.8. The molecule has 4 aromatic rings. The third kappa shape index (κ3) is 7.75. The van der Waals surface area contributed by atoms with Crippen LogP contribution < -0.4 is 24.8 Å². The highest BCUT2D eigenvalue weighted by Gasteiger charge is 2.63. The highest BCUT2D eigenvalue weighted by atomic mass is 32.2. The monoisotopic (exact) mass is 830 g/mol. The van der Waals surface area contributed by atoms with Gasteiger partial charge in [-0.05, 0) is 88.8 Å². The molecule has 5 atom stereocenters. The molecule has 2 aliphatic carbocycles. The van der Waals surface area contributed by atoms with E-state index in [1.165, 1.54) is 28.4 Å². The van der Waals surface area contributed by atoms with E-state index in [4.69, 9.17) is 14.5 Å². The van der Waals surface area contributed by atoms with E-state index in [2.05, 4.69) is 20.3 Å². The summed E-state index contributed by atoms with van der Waals surface area (Å²) < 4.78 is 54.0. The van der Waals surface area contributed by atoms with E-state index in [1.807, 2.05) is 42.7 Å². The topological polar surface area (TPSA) is 169 Å². The number of hydrogen-bond acceptors (Lipinski definition) is 11. The van der Waals surface area contributed by atoms with Crippen LogP contribution in [0.15, 0.2) is 66.2 Å². The van der Waals surface area contributed by atoms with Gasteiger partial charge in [-0.3, -0.25) is 19.1 Å². The molecule has 2 saturated carbocycles. The Labute approximate surface area is 340 Å². The number of carbonyl (C=O) groups excluding carboxylic acids is 3. The Hall–Kier alpha value is -5.09. The molecule has 306 valence electrons. The average Bonchev–Trinajstić information content (AvgIpc) is 3.95. The van der Waals surface area contributed by atoms with Crippen molar-refractivity contribution >= 4 is 55.7 Å². The van der Waals surface area contributed by atoms with Crippen molar-refractivity contribution in [2.75, 3.05) is 19.0 Å². The van der Waals surface area contributed by atoms with Gasteiger partial charge in [0.05, 0.1) is 23.9 Å². The quantitative estimate of drug-likeness (QED) is 0.169. The zero-order valence-corrected chi connectivity index (χ0v) is 34.3. The van der Waals surface area contributed by atoms with Crippen LogP contribution in [0.25, 0.3) is 21.6 Å². The number of halogens is 1. The molecule has 3 fully saturated rings. The van der Waals surface area contributed by atoms with Gasteiger partial charge in [-0.2, -0.15) is 0 Å². The Morgan fingerprint density at radius 1 is 1.09 bits per heavy atom. The van der Waals surface area contributed by atoms with Gasteiger partial charge in [0, 0.05) is 46.6 Å². The van der Waals surface area contributed by atoms with Gasteiger partial charge in [-0.15, -0.1) is 11.3 Å². The number of methoxy groups -OCH3 is 1. The fraction of sp³-hybridized carbons (Fsp3) is 0.452. The van der Waals surface area contributed by atoms with Gasteiger partial charge in [-0.1, -0.05) is 25.0 Å². The van der Waals surface area contributed by atoms with Crippen molar-refractivity contribution in [2.24, 2.45) is 5.92 Å². The van der Waals surface area contributed by atoms with Crippen molar-refractivity contribution in [1.29, 1.82) is 0 Å². The molecule has 16 heteroatoms. The molecule has 4 heterocycles. The first kappa shape index (κ1) is 39.7. The molecule has 0 spiro atoms. The van der Waals surface area contributed by atoms with Gasteiger partial charge < -0.3 is 25.0 Å². The summed E-state index contributed by atoms with van der Waals surface area (Å²) in [6.45, 7) is 3.55. The number of aromatic nitrogens is 2. The fourth-order valence-corrected chi connectivity index (χ4v) is 9.94. The van der Waals surface area contributed by atoms with Crippen LogP contribution in [-0.2, 0) is 24.4 Å². The minimum Gasteiger partial charge on any atom is -0.496 e. The molecule has 2 aromatic heterocycles. The van der Waals surface area contributed by atoms with Crippen molar-refractivity contribution in [3.63, 3.8) is 0 Å². The number of amides is 3. The number of benzene rings is 2. The molecular formula is C42H47FN6O7S2.